The zero-order valence-electron chi connectivity index (χ0n) is 16.5. The highest BCUT2D eigenvalue weighted by atomic mass is 16.3. The number of amides is 3. The standard InChI is InChI=1S/C24H21N3O3/c1-16-14-20(16)21-13-12-19(30-21)15-25-27-22(28)24(26-23(27)29,17-8-4-2-5-9-17)18-10-6-3-7-11-18/h2-13,15-16,20H,14H2,1H3,(H,26,29)/b25-15-/t16-,20+/m0/s1. The van der Waals surface area contributed by atoms with Gasteiger partial charge >= 0.3 is 6.03 Å². The molecule has 150 valence electrons. The Kier molecular flexibility index (Phi) is 4.28. The van der Waals surface area contributed by atoms with E-state index in [4.69, 9.17) is 4.42 Å². The van der Waals surface area contributed by atoms with E-state index in [0.717, 1.165) is 17.2 Å². The summed E-state index contributed by atoms with van der Waals surface area (Å²) in [4.78, 5) is 26.3. The van der Waals surface area contributed by atoms with Crippen LogP contribution in [0, 0.1) is 5.92 Å². The molecule has 3 aromatic rings. The number of benzene rings is 2. The number of carbonyl (C=O) groups excluding carboxylic acids is 2. The number of carbonyl (C=O) groups is 2. The van der Waals surface area contributed by atoms with Gasteiger partial charge in [-0.1, -0.05) is 67.6 Å². The summed E-state index contributed by atoms with van der Waals surface area (Å²) >= 11 is 0. The normalized spacial score (nSPS) is 22.5. The molecule has 1 N–H and O–H groups in total. The summed E-state index contributed by atoms with van der Waals surface area (Å²) in [5.41, 5.74) is 0.0276. The fraction of sp³-hybridized carbons (Fsp3) is 0.208. The predicted molar refractivity (Wildman–Crippen MR) is 112 cm³/mol. The number of urea groups is 1. The van der Waals surface area contributed by atoms with E-state index in [9.17, 15) is 9.59 Å². The molecule has 2 atom stereocenters. The van der Waals surface area contributed by atoms with Crippen molar-refractivity contribution in [1.29, 1.82) is 0 Å². The minimum atomic E-state index is -1.32. The highest BCUT2D eigenvalue weighted by Crippen LogP contribution is 2.47. The number of hydrogen-bond donors (Lipinski definition) is 1. The largest absolute Gasteiger partial charge is 0.460 e. The van der Waals surface area contributed by atoms with Crippen molar-refractivity contribution < 1.29 is 14.0 Å². The number of hydrogen-bond acceptors (Lipinski definition) is 4. The van der Waals surface area contributed by atoms with Crippen molar-refractivity contribution in [3.05, 3.63) is 95.4 Å². The van der Waals surface area contributed by atoms with Crippen molar-refractivity contribution in [3.63, 3.8) is 0 Å². The Balaban J connectivity index is 1.49. The van der Waals surface area contributed by atoms with Crippen LogP contribution in [0.15, 0.2) is 82.3 Å². The highest BCUT2D eigenvalue weighted by Gasteiger charge is 2.54. The summed E-state index contributed by atoms with van der Waals surface area (Å²) in [7, 11) is 0. The summed E-state index contributed by atoms with van der Waals surface area (Å²) in [5.74, 6) is 2.06. The van der Waals surface area contributed by atoms with Crippen molar-refractivity contribution in [2.24, 2.45) is 11.0 Å². The van der Waals surface area contributed by atoms with E-state index < -0.39 is 17.5 Å². The van der Waals surface area contributed by atoms with Crippen LogP contribution in [0.25, 0.3) is 0 Å². The third-order valence-electron chi connectivity index (χ3n) is 5.84. The van der Waals surface area contributed by atoms with Crippen LogP contribution >= 0.6 is 0 Å². The molecule has 2 fully saturated rings. The number of nitrogens with zero attached hydrogens (tertiary/aromatic N) is 2. The van der Waals surface area contributed by atoms with E-state index in [0.29, 0.717) is 28.7 Å². The van der Waals surface area contributed by atoms with Crippen LogP contribution in [0.4, 0.5) is 4.79 Å². The second-order valence-corrected chi connectivity index (χ2v) is 7.83. The fourth-order valence-corrected chi connectivity index (χ4v) is 4.03. The van der Waals surface area contributed by atoms with Gasteiger partial charge in [-0.05, 0) is 35.6 Å². The van der Waals surface area contributed by atoms with E-state index in [2.05, 4.69) is 17.3 Å². The van der Waals surface area contributed by atoms with Crippen molar-refractivity contribution in [3.8, 4) is 0 Å². The summed E-state index contributed by atoms with van der Waals surface area (Å²) in [5, 5.41) is 7.91. The molecule has 0 spiro atoms. The number of furan rings is 1. The van der Waals surface area contributed by atoms with Crippen LogP contribution in [0.3, 0.4) is 0 Å². The first kappa shape index (κ1) is 18.4. The molecule has 1 saturated carbocycles. The summed E-state index contributed by atoms with van der Waals surface area (Å²) in [6.07, 6.45) is 2.54. The van der Waals surface area contributed by atoms with Gasteiger partial charge in [0, 0.05) is 5.92 Å². The molecule has 0 unspecified atom stereocenters. The molecule has 1 aliphatic carbocycles. The van der Waals surface area contributed by atoms with Gasteiger partial charge in [-0.2, -0.15) is 5.10 Å². The summed E-state index contributed by atoms with van der Waals surface area (Å²) in [6.45, 7) is 2.18. The van der Waals surface area contributed by atoms with E-state index in [1.54, 1.807) is 0 Å². The average molecular weight is 399 g/mol. The molecule has 30 heavy (non-hydrogen) atoms. The maximum absolute atomic E-state index is 13.5. The molecular weight excluding hydrogens is 378 g/mol. The molecule has 1 aromatic heterocycles. The topological polar surface area (TPSA) is 74.9 Å². The molecule has 1 aliphatic heterocycles. The molecule has 6 nitrogen and oxygen atoms in total. The average Bonchev–Trinajstić information content (AvgIpc) is 3.21. The molecule has 0 bridgehead atoms. The Morgan fingerprint density at radius 3 is 2.17 bits per heavy atom. The maximum atomic E-state index is 13.5. The molecule has 1 saturated heterocycles. The molecule has 2 aromatic carbocycles. The third kappa shape index (κ3) is 2.92. The SMILES string of the molecule is C[C@H]1C[C@H]1c1ccc(/C=N\N2C(=O)NC(c3ccccc3)(c3ccccc3)C2=O)o1. The number of rotatable bonds is 5. The smallest absolute Gasteiger partial charge is 0.346 e. The predicted octanol–water partition coefficient (Wildman–Crippen LogP) is 4.23. The van der Waals surface area contributed by atoms with Crippen molar-refractivity contribution in [2.75, 3.05) is 0 Å². The van der Waals surface area contributed by atoms with Crippen LogP contribution < -0.4 is 5.32 Å². The van der Waals surface area contributed by atoms with E-state index in [1.807, 2.05) is 72.8 Å². The van der Waals surface area contributed by atoms with Gasteiger partial charge in [-0.15, -0.1) is 5.01 Å². The van der Waals surface area contributed by atoms with Gasteiger partial charge in [0.15, 0.2) is 5.54 Å². The molecule has 5 rings (SSSR count). The molecule has 6 heteroatoms. The lowest BCUT2D eigenvalue weighted by atomic mass is 9.83. The quantitative estimate of drug-likeness (QED) is 0.515. The summed E-state index contributed by atoms with van der Waals surface area (Å²) in [6, 6.07) is 21.6. The van der Waals surface area contributed by atoms with Crippen molar-refractivity contribution in [2.45, 2.75) is 24.8 Å². The van der Waals surface area contributed by atoms with Crippen LogP contribution in [-0.2, 0) is 10.3 Å². The minimum Gasteiger partial charge on any atom is -0.460 e. The molecule has 2 aliphatic rings. The second kappa shape index (κ2) is 6.99. The van der Waals surface area contributed by atoms with Gasteiger partial charge in [0.25, 0.3) is 5.91 Å². The zero-order valence-corrected chi connectivity index (χ0v) is 16.5. The number of nitrogens with one attached hydrogen (secondary N) is 1. The molecule has 0 radical (unpaired) electrons. The lowest BCUT2D eigenvalue weighted by Crippen LogP contribution is -2.44. The van der Waals surface area contributed by atoms with Gasteiger partial charge in [0.05, 0.1) is 6.21 Å². The first-order valence-corrected chi connectivity index (χ1v) is 10.0. The van der Waals surface area contributed by atoms with Crippen LogP contribution in [0.1, 0.15) is 41.9 Å². The minimum absolute atomic E-state index is 0.452. The highest BCUT2D eigenvalue weighted by molar-refractivity contribution is 6.09. The van der Waals surface area contributed by atoms with Gasteiger partial charge in [-0.3, -0.25) is 4.79 Å². The Bertz CT molecular complexity index is 1080. The lowest BCUT2D eigenvalue weighted by molar-refractivity contribution is -0.130. The Labute approximate surface area is 174 Å². The van der Waals surface area contributed by atoms with E-state index >= 15 is 0 Å². The van der Waals surface area contributed by atoms with Gasteiger partial charge in [0.2, 0.25) is 0 Å². The first-order valence-electron chi connectivity index (χ1n) is 10.0. The van der Waals surface area contributed by atoms with Gasteiger partial charge < -0.3 is 9.73 Å². The second-order valence-electron chi connectivity index (χ2n) is 7.83. The molecular formula is C24H21N3O3. The maximum Gasteiger partial charge on any atom is 0.346 e. The zero-order chi connectivity index (χ0) is 20.7. The van der Waals surface area contributed by atoms with Gasteiger partial charge in [0.1, 0.15) is 11.5 Å². The van der Waals surface area contributed by atoms with Crippen LogP contribution in [0.5, 0.6) is 0 Å². The molecule has 3 amide bonds. The van der Waals surface area contributed by atoms with Crippen LogP contribution in [0.2, 0.25) is 0 Å². The Morgan fingerprint density at radius 1 is 1.00 bits per heavy atom. The third-order valence-corrected chi connectivity index (χ3v) is 5.84. The first-order chi connectivity index (χ1) is 14.6. The fourth-order valence-electron chi connectivity index (χ4n) is 4.03. The van der Waals surface area contributed by atoms with Gasteiger partial charge in [-0.25, -0.2) is 4.79 Å². The van der Waals surface area contributed by atoms with Crippen LogP contribution in [-0.4, -0.2) is 23.2 Å². The number of imide groups is 1. The summed E-state index contributed by atoms with van der Waals surface area (Å²) < 4.78 is 5.81. The van der Waals surface area contributed by atoms with E-state index in [1.165, 1.54) is 6.21 Å². The Hall–Kier alpha value is -3.67. The lowest BCUT2D eigenvalue weighted by Gasteiger charge is -2.27. The van der Waals surface area contributed by atoms with E-state index in [-0.39, 0.29) is 0 Å². The van der Waals surface area contributed by atoms with Crippen molar-refractivity contribution >= 4 is 18.2 Å². The van der Waals surface area contributed by atoms with Crippen molar-refractivity contribution in [1.82, 2.24) is 10.3 Å². The monoisotopic (exact) mass is 399 g/mol. The number of hydrazone groups is 1. The Morgan fingerprint density at radius 2 is 1.60 bits per heavy atom. The molecule has 2 heterocycles.